The molecule has 0 saturated carbocycles. The van der Waals surface area contributed by atoms with E-state index in [9.17, 15) is 9.18 Å². The summed E-state index contributed by atoms with van der Waals surface area (Å²) in [5.41, 5.74) is 12.2. The Morgan fingerprint density at radius 3 is 2.29 bits per heavy atom. The van der Waals surface area contributed by atoms with Crippen LogP contribution in [-0.4, -0.2) is 17.3 Å². The van der Waals surface area contributed by atoms with Crippen LogP contribution in [-0.2, 0) is 4.79 Å². The smallest absolute Gasteiger partial charge is 0.328 e. The number of nitrogens with one attached hydrogen (secondary N) is 1. The van der Waals surface area contributed by atoms with Gasteiger partial charge in [-0.05, 0) is 82.3 Å². The summed E-state index contributed by atoms with van der Waals surface area (Å²) in [7, 11) is 0. The first-order chi connectivity index (χ1) is 18.4. The van der Waals surface area contributed by atoms with E-state index in [2.05, 4.69) is 0 Å². The van der Waals surface area contributed by atoms with Crippen LogP contribution in [0.2, 0.25) is 0 Å². The third-order valence-corrected chi connectivity index (χ3v) is 6.05. The van der Waals surface area contributed by atoms with Crippen LogP contribution in [0.3, 0.4) is 0 Å². The molecule has 0 aliphatic carbocycles. The van der Waals surface area contributed by atoms with E-state index in [-0.39, 0.29) is 5.75 Å². The van der Waals surface area contributed by atoms with Crippen molar-refractivity contribution >= 4 is 35.1 Å². The maximum Gasteiger partial charge on any atom is 0.328 e. The van der Waals surface area contributed by atoms with Gasteiger partial charge in [0.05, 0.1) is 0 Å². The number of aliphatic carboxylic acids is 1. The number of hydrogen-bond acceptors (Lipinski definition) is 4. The SMILES string of the molecule is CC/C(=C(/c1ccc(/C=C/C(=O)O)cc1)c1ccc(N)c(C=N)c1)c1ccc(F)c(Oc2ccccc2)c1. The van der Waals surface area contributed by atoms with E-state index in [1.165, 1.54) is 18.4 Å². The first-order valence-corrected chi connectivity index (χ1v) is 12.1. The topological polar surface area (TPSA) is 96.4 Å². The van der Waals surface area contributed by atoms with Gasteiger partial charge in [-0.2, -0.15) is 0 Å². The number of nitrogens with two attached hydrogens (primary N) is 1. The lowest BCUT2D eigenvalue weighted by Gasteiger charge is -2.18. The number of hydrogen-bond donors (Lipinski definition) is 3. The Morgan fingerprint density at radius 1 is 0.947 bits per heavy atom. The zero-order chi connectivity index (χ0) is 27.1. The fourth-order valence-electron chi connectivity index (χ4n) is 4.21. The number of carboxylic acid groups (broad SMARTS) is 1. The summed E-state index contributed by atoms with van der Waals surface area (Å²) >= 11 is 0. The van der Waals surface area contributed by atoms with Gasteiger partial charge in [0.2, 0.25) is 0 Å². The highest BCUT2D eigenvalue weighted by Gasteiger charge is 2.16. The summed E-state index contributed by atoms with van der Waals surface area (Å²) in [5, 5.41) is 16.7. The van der Waals surface area contributed by atoms with Crippen LogP contribution in [0.1, 0.15) is 41.2 Å². The van der Waals surface area contributed by atoms with Crippen LogP contribution in [0.15, 0.2) is 97.1 Å². The average Bonchev–Trinajstić information content (AvgIpc) is 2.93. The lowest BCUT2D eigenvalue weighted by molar-refractivity contribution is -0.131. The second-order valence-corrected chi connectivity index (χ2v) is 8.55. The van der Waals surface area contributed by atoms with Crippen molar-refractivity contribution in [2.24, 2.45) is 0 Å². The predicted octanol–water partition coefficient (Wildman–Crippen LogP) is 7.66. The van der Waals surface area contributed by atoms with Crippen molar-refractivity contribution in [2.45, 2.75) is 13.3 Å². The number of anilines is 1. The molecule has 0 aromatic heterocycles. The van der Waals surface area contributed by atoms with Crippen LogP contribution in [0.5, 0.6) is 11.5 Å². The molecule has 0 radical (unpaired) electrons. The van der Waals surface area contributed by atoms with Crippen molar-refractivity contribution in [3.8, 4) is 11.5 Å². The Morgan fingerprint density at radius 2 is 1.63 bits per heavy atom. The van der Waals surface area contributed by atoms with Crippen LogP contribution in [0, 0.1) is 11.2 Å². The molecule has 4 aromatic carbocycles. The molecule has 0 aliphatic rings. The number of para-hydroxylation sites is 1. The third-order valence-electron chi connectivity index (χ3n) is 6.05. The van der Waals surface area contributed by atoms with Gasteiger partial charge in [-0.15, -0.1) is 0 Å². The summed E-state index contributed by atoms with van der Waals surface area (Å²) < 4.78 is 20.6. The molecule has 0 amide bonds. The summed E-state index contributed by atoms with van der Waals surface area (Å²) in [5.74, 6) is -0.841. The molecule has 0 heterocycles. The quantitative estimate of drug-likeness (QED) is 0.0939. The van der Waals surface area contributed by atoms with Gasteiger partial charge in [-0.3, -0.25) is 0 Å². The second-order valence-electron chi connectivity index (χ2n) is 8.55. The van der Waals surface area contributed by atoms with Gasteiger partial charge in [-0.25, -0.2) is 9.18 Å². The molecule has 6 heteroatoms. The highest BCUT2D eigenvalue weighted by molar-refractivity contribution is 6.00. The number of ether oxygens (including phenoxy) is 1. The van der Waals surface area contributed by atoms with Gasteiger partial charge in [0.1, 0.15) is 5.75 Å². The number of carbonyl (C=O) groups is 1. The minimum absolute atomic E-state index is 0.116. The van der Waals surface area contributed by atoms with Crippen LogP contribution in [0.25, 0.3) is 17.2 Å². The average molecular weight is 507 g/mol. The second kappa shape index (κ2) is 11.8. The summed E-state index contributed by atoms with van der Waals surface area (Å²) in [6, 6.07) is 26.9. The van der Waals surface area contributed by atoms with E-state index in [4.69, 9.17) is 21.0 Å². The van der Waals surface area contributed by atoms with Crippen molar-refractivity contribution in [3.63, 3.8) is 0 Å². The van der Waals surface area contributed by atoms with E-state index in [1.807, 2.05) is 61.5 Å². The van der Waals surface area contributed by atoms with E-state index in [0.717, 1.165) is 39.5 Å². The van der Waals surface area contributed by atoms with E-state index >= 15 is 0 Å². The van der Waals surface area contributed by atoms with E-state index < -0.39 is 11.8 Å². The Bertz CT molecular complexity index is 1520. The number of rotatable bonds is 9. The molecule has 0 fully saturated rings. The zero-order valence-electron chi connectivity index (χ0n) is 20.8. The van der Waals surface area contributed by atoms with Crippen LogP contribution >= 0.6 is 0 Å². The molecule has 4 rings (SSSR count). The van der Waals surface area contributed by atoms with Gasteiger partial charge in [0.25, 0.3) is 0 Å². The molecule has 5 nitrogen and oxygen atoms in total. The number of nitrogen functional groups attached to an aromatic ring is 1. The van der Waals surface area contributed by atoms with Crippen molar-refractivity contribution in [1.82, 2.24) is 0 Å². The van der Waals surface area contributed by atoms with Crippen molar-refractivity contribution in [1.29, 1.82) is 5.41 Å². The number of allylic oxidation sites excluding steroid dienone is 1. The molecule has 38 heavy (non-hydrogen) atoms. The number of halogens is 1. The van der Waals surface area contributed by atoms with Crippen LogP contribution in [0.4, 0.5) is 10.1 Å². The monoisotopic (exact) mass is 506 g/mol. The molecule has 4 aromatic rings. The minimum atomic E-state index is -1.02. The van der Waals surface area contributed by atoms with Gasteiger partial charge in [0, 0.05) is 23.5 Å². The predicted molar refractivity (Wildman–Crippen MR) is 151 cm³/mol. The standard InChI is InChI=1S/C32H27FN2O3/c1-2-27(23-13-15-28(33)30(19-23)38-26-6-4-3-5-7-26)32(24-14-16-29(35)25(18-24)20-34)22-11-8-21(9-12-22)10-17-31(36)37/h3-20,34H,2,35H2,1H3,(H,36,37)/b17-10+,32-27+,34-20?. The third kappa shape index (κ3) is 6.05. The Balaban J connectivity index is 1.89. The fraction of sp³-hybridized carbons (Fsp3) is 0.0625. The van der Waals surface area contributed by atoms with Gasteiger partial charge in [0.15, 0.2) is 11.6 Å². The lowest BCUT2D eigenvalue weighted by atomic mass is 9.87. The van der Waals surface area contributed by atoms with Gasteiger partial charge < -0.3 is 21.0 Å². The van der Waals surface area contributed by atoms with Gasteiger partial charge in [-0.1, -0.05) is 61.5 Å². The molecular formula is C32H27FN2O3. The zero-order valence-corrected chi connectivity index (χ0v) is 20.8. The number of benzene rings is 4. The van der Waals surface area contributed by atoms with Crippen molar-refractivity contribution in [3.05, 3.63) is 131 Å². The van der Waals surface area contributed by atoms with Crippen molar-refractivity contribution < 1.29 is 19.0 Å². The first kappa shape index (κ1) is 26.1. The van der Waals surface area contributed by atoms with E-state index in [1.54, 1.807) is 30.3 Å². The normalized spacial score (nSPS) is 11.7. The molecule has 0 saturated heterocycles. The molecule has 0 bridgehead atoms. The molecule has 0 spiro atoms. The largest absolute Gasteiger partial charge is 0.478 e. The van der Waals surface area contributed by atoms with Gasteiger partial charge >= 0.3 is 5.97 Å². The molecular weight excluding hydrogens is 479 g/mol. The highest BCUT2D eigenvalue weighted by atomic mass is 19.1. The molecule has 0 aliphatic heterocycles. The Labute approximate surface area is 220 Å². The maximum atomic E-state index is 14.8. The minimum Gasteiger partial charge on any atom is -0.478 e. The fourth-order valence-corrected chi connectivity index (χ4v) is 4.21. The number of carboxylic acids is 1. The summed E-state index contributed by atoms with van der Waals surface area (Å²) in [6.45, 7) is 2.02. The molecule has 190 valence electrons. The molecule has 0 atom stereocenters. The molecule has 4 N–H and O–H groups in total. The lowest BCUT2D eigenvalue weighted by Crippen LogP contribution is -1.99. The highest BCUT2D eigenvalue weighted by Crippen LogP contribution is 2.37. The summed E-state index contributed by atoms with van der Waals surface area (Å²) in [4.78, 5) is 10.9. The Kier molecular flexibility index (Phi) is 8.14. The van der Waals surface area contributed by atoms with Crippen molar-refractivity contribution in [2.75, 3.05) is 5.73 Å². The Hall–Kier alpha value is -4.97. The molecule has 0 unspecified atom stereocenters. The van der Waals surface area contributed by atoms with E-state index in [0.29, 0.717) is 23.4 Å². The van der Waals surface area contributed by atoms with Crippen LogP contribution < -0.4 is 10.5 Å². The first-order valence-electron chi connectivity index (χ1n) is 12.1. The summed E-state index contributed by atoms with van der Waals surface area (Å²) in [6.07, 6.45) is 4.45. The maximum absolute atomic E-state index is 14.8.